The van der Waals surface area contributed by atoms with Gasteiger partial charge in [0.15, 0.2) is 0 Å². The third kappa shape index (κ3) is 6.24. The molecule has 0 aliphatic carbocycles. The van der Waals surface area contributed by atoms with E-state index in [1.165, 1.54) is 0 Å². The van der Waals surface area contributed by atoms with Gasteiger partial charge in [0.2, 0.25) is 0 Å². The Hall–Kier alpha value is -2.04. The number of aromatic hydroxyl groups is 1. The Morgan fingerprint density at radius 2 is 1.58 bits per heavy atom. The van der Waals surface area contributed by atoms with E-state index in [0.717, 1.165) is 11.1 Å². The predicted molar refractivity (Wildman–Crippen MR) is 127 cm³/mol. The molecule has 0 saturated heterocycles. The van der Waals surface area contributed by atoms with Crippen molar-refractivity contribution in [2.75, 3.05) is 5.48 Å². The van der Waals surface area contributed by atoms with Crippen molar-refractivity contribution in [3.63, 3.8) is 0 Å². The molecule has 7 heteroatoms. The van der Waals surface area contributed by atoms with Crippen LogP contribution in [-0.4, -0.2) is 15.7 Å². The molecule has 2 aromatic rings. The highest BCUT2D eigenvalue weighted by atomic mass is 31.2. The van der Waals surface area contributed by atoms with Crippen LogP contribution in [0.15, 0.2) is 36.5 Å². The number of phenolic OH excluding ortho intramolecular Hbond substituents is 1. The van der Waals surface area contributed by atoms with Gasteiger partial charge in [-0.05, 0) is 47.9 Å². The van der Waals surface area contributed by atoms with Crippen LogP contribution in [-0.2, 0) is 20.0 Å². The number of nitrogens with zero attached hydrogens (tertiary/aromatic N) is 1. The van der Waals surface area contributed by atoms with Crippen LogP contribution in [0.2, 0.25) is 0 Å². The third-order valence-corrected chi connectivity index (χ3v) is 7.70. The van der Waals surface area contributed by atoms with Crippen LogP contribution in [0, 0.1) is 0 Å². The predicted octanol–water partition coefficient (Wildman–Crippen LogP) is 7.19. The van der Waals surface area contributed by atoms with Gasteiger partial charge in [-0.15, -0.1) is 0 Å². The number of phenols is 1. The minimum Gasteiger partial charge on any atom is -0.507 e. The van der Waals surface area contributed by atoms with Crippen molar-refractivity contribution in [3.05, 3.63) is 47.7 Å². The molecule has 31 heavy (non-hydrogen) atoms. The van der Waals surface area contributed by atoms with Gasteiger partial charge in [-0.2, -0.15) is 4.62 Å². The van der Waals surface area contributed by atoms with Crippen LogP contribution in [0.4, 0.5) is 5.82 Å². The second-order valence-electron chi connectivity index (χ2n) is 9.88. The molecule has 0 spiro atoms. The molecule has 0 saturated carbocycles. The van der Waals surface area contributed by atoms with Crippen molar-refractivity contribution in [1.82, 2.24) is 4.98 Å². The van der Waals surface area contributed by atoms with E-state index in [0.29, 0.717) is 24.4 Å². The fourth-order valence-corrected chi connectivity index (χ4v) is 5.24. The fraction of sp³-hybridized carbons (Fsp3) is 0.542. The highest BCUT2D eigenvalue weighted by molar-refractivity contribution is 7.55. The molecule has 0 bridgehead atoms. The molecule has 172 valence electrons. The Kier molecular flexibility index (Phi) is 7.83. The first-order valence-corrected chi connectivity index (χ1v) is 12.5. The zero-order valence-corrected chi connectivity index (χ0v) is 20.9. The highest BCUT2D eigenvalue weighted by Gasteiger charge is 2.37. The lowest BCUT2D eigenvalue weighted by atomic mass is 9.79. The summed E-state index contributed by atoms with van der Waals surface area (Å²) in [6.45, 7) is 16.1. The summed E-state index contributed by atoms with van der Waals surface area (Å²) in [5, 5.41) is 11.0. The van der Waals surface area contributed by atoms with Crippen LogP contribution in [0.3, 0.4) is 0 Å². The maximum absolute atomic E-state index is 13.9. The average Bonchev–Trinajstić information content (AvgIpc) is 2.67. The molecule has 0 radical (unpaired) electrons. The molecule has 0 fully saturated rings. The lowest BCUT2D eigenvalue weighted by Crippen LogP contribution is -2.19. The van der Waals surface area contributed by atoms with Gasteiger partial charge in [-0.1, -0.05) is 61.5 Å². The maximum Gasteiger partial charge on any atom is 0.403 e. The SMILES string of the molecule is CCC(CC)P(=O)(ONc1ccccn1)Oc1cc(C(C)(C)C)c(O)c(C(C)(C)C)c1. The molecule has 2 rings (SSSR count). The number of pyridine rings is 1. The number of hydrogen-bond acceptors (Lipinski definition) is 6. The second-order valence-corrected chi connectivity index (χ2v) is 12.1. The normalized spacial score (nSPS) is 14.4. The van der Waals surface area contributed by atoms with E-state index < -0.39 is 7.60 Å². The van der Waals surface area contributed by atoms with Crippen LogP contribution >= 0.6 is 7.60 Å². The summed E-state index contributed by atoms with van der Waals surface area (Å²) in [5.74, 6) is 1.12. The van der Waals surface area contributed by atoms with Crippen molar-refractivity contribution in [1.29, 1.82) is 0 Å². The van der Waals surface area contributed by atoms with E-state index >= 15 is 0 Å². The van der Waals surface area contributed by atoms with E-state index in [1.807, 2.05) is 61.5 Å². The molecule has 2 N–H and O–H groups in total. The number of rotatable bonds is 8. The van der Waals surface area contributed by atoms with E-state index in [1.54, 1.807) is 30.5 Å². The first kappa shape index (κ1) is 25.2. The Morgan fingerprint density at radius 1 is 1.03 bits per heavy atom. The molecule has 0 aliphatic heterocycles. The van der Waals surface area contributed by atoms with Gasteiger partial charge >= 0.3 is 7.60 Å². The van der Waals surface area contributed by atoms with Crippen LogP contribution in [0.1, 0.15) is 79.4 Å². The molecule has 1 unspecified atom stereocenters. The van der Waals surface area contributed by atoms with Gasteiger partial charge in [0.05, 0.1) is 5.66 Å². The summed E-state index contributed by atoms with van der Waals surface area (Å²) < 4.78 is 25.8. The third-order valence-electron chi connectivity index (χ3n) is 5.26. The van der Waals surface area contributed by atoms with Crippen molar-refractivity contribution in [3.8, 4) is 11.5 Å². The van der Waals surface area contributed by atoms with Gasteiger partial charge < -0.3 is 9.63 Å². The summed E-state index contributed by atoms with van der Waals surface area (Å²) in [6, 6.07) is 8.87. The van der Waals surface area contributed by atoms with E-state index in [4.69, 9.17) is 9.15 Å². The zero-order valence-electron chi connectivity index (χ0n) is 20.0. The summed E-state index contributed by atoms with van der Waals surface area (Å²) in [7, 11) is -3.61. The van der Waals surface area contributed by atoms with Crippen molar-refractivity contribution in [2.45, 2.75) is 84.7 Å². The standard InChI is InChI=1S/C24H37N2O4P/c1-9-18(10-2)31(28,30-26-21-13-11-12-14-25-21)29-17-15-19(23(3,4)5)22(27)20(16-17)24(6,7)8/h11-16,18,27H,9-10H2,1-8H3,(H,25,26). The summed E-state index contributed by atoms with van der Waals surface area (Å²) in [4.78, 5) is 4.16. The smallest absolute Gasteiger partial charge is 0.403 e. The van der Waals surface area contributed by atoms with E-state index in [2.05, 4.69) is 10.5 Å². The minimum atomic E-state index is -3.61. The van der Waals surface area contributed by atoms with Crippen LogP contribution in [0.25, 0.3) is 0 Å². The maximum atomic E-state index is 13.9. The molecule has 1 atom stereocenters. The quantitative estimate of drug-likeness (QED) is 0.329. The molecule has 1 aromatic heterocycles. The second kappa shape index (κ2) is 9.62. The van der Waals surface area contributed by atoms with Crippen LogP contribution in [0.5, 0.6) is 11.5 Å². The average molecular weight is 449 g/mol. The van der Waals surface area contributed by atoms with Gasteiger partial charge in [-0.3, -0.25) is 0 Å². The number of nitrogens with one attached hydrogen (secondary N) is 1. The molecule has 0 amide bonds. The van der Waals surface area contributed by atoms with Crippen molar-refractivity contribution in [2.24, 2.45) is 0 Å². The highest BCUT2D eigenvalue weighted by Crippen LogP contribution is 2.56. The monoisotopic (exact) mass is 448 g/mol. The number of benzene rings is 1. The fourth-order valence-electron chi connectivity index (χ4n) is 3.39. The molecule has 6 nitrogen and oxygen atoms in total. The number of hydrogen-bond donors (Lipinski definition) is 2. The Bertz CT molecular complexity index is 878. The summed E-state index contributed by atoms with van der Waals surface area (Å²) in [6.07, 6.45) is 2.89. The zero-order chi connectivity index (χ0) is 23.4. The first-order valence-electron chi connectivity index (χ1n) is 10.8. The Morgan fingerprint density at radius 3 is 2.00 bits per heavy atom. The van der Waals surface area contributed by atoms with Gasteiger partial charge in [-0.25, -0.2) is 15.0 Å². The topological polar surface area (TPSA) is 80.7 Å². The lowest BCUT2D eigenvalue weighted by Gasteiger charge is -2.30. The summed E-state index contributed by atoms with van der Waals surface area (Å²) in [5.41, 5.74) is 3.24. The van der Waals surface area contributed by atoms with Crippen molar-refractivity contribution >= 4 is 13.4 Å². The van der Waals surface area contributed by atoms with Gasteiger partial charge in [0.1, 0.15) is 17.3 Å². The molecule has 1 aromatic carbocycles. The number of anilines is 1. The Balaban J connectivity index is 2.51. The van der Waals surface area contributed by atoms with Crippen molar-refractivity contribution < 1.29 is 18.8 Å². The van der Waals surface area contributed by atoms with E-state index in [-0.39, 0.29) is 22.2 Å². The van der Waals surface area contributed by atoms with E-state index in [9.17, 15) is 9.67 Å². The molecule has 0 aliphatic rings. The summed E-state index contributed by atoms with van der Waals surface area (Å²) >= 11 is 0. The first-order chi connectivity index (χ1) is 14.3. The molecular formula is C24H37N2O4P. The largest absolute Gasteiger partial charge is 0.507 e. The lowest BCUT2D eigenvalue weighted by molar-refractivity contribution is 0.301. The number of aromatic nitrogens is 1. The minimum absolute atomic E-state index is 0.247. The van der Waals surface area contributed by atoms with Gasteiger partial charge in [0.25, 0.3) is 0 Å². The molecular weight excluding hydrogens is 411 g/mol. The molecule has 1 heterocycles. The Labute approximate surface area is 186 Å². The van der Waals surface area contributed by atoms with Gasteiger partial charge in [0, 0.05) is 17.3 Å². The van der Waals surface area contributed by atoms with Crippen LogP contribution < -0.4 is 10.0 Å².